The number of amides is 2. The first kappa shape index (κ1) is 22.1. The molecule has 2 N–H and O–H groups in total. The van der Waals surface area contributed by atoms with E-state index in [1.54, 1.807) is 26.1 Å². The van der Waals surface area contributed by atoms with Crippen LogP contribution in [-0.4, -0.2) is 26.6 Å². The number of nitrogens with one attached hydrogen (secondary N) is 2. The largest absolute Gasteiger partial charge is 0.463 e. The molecular weight excluding hydrogens is 439 g/mol. The number of pyridine rings is 1. The molecule has 170 valence electrons. The summed E-state index contributed by atoms with van der Waals surface area (Å²) in [6.07, 6.45) is -3.32. The van der Waals surface area contributed by atoms with Crippen LogP contribution in [0.15, 0.2) is 47.1 Å². The minimum absolute atomic E-state index is 0.0395. The number of alkyl halides is 3. The summed E-state index contributed by atoms with van der Waals surface area (Å²) in [4.78, 5) is 28.9. The fourth-order valence-corrected chi connectivity index (χ4v) is 3.53. The normalized spacial score (nSPS) is 11.6. The number of aryl methyl sites for hydroxylation is 2. The summed E-state index contributed by atoms with van der Waals surface area (Å²) >= 11 is 0. The minimum atomic E-state index is -4.77. The van der Waals surface area contributed by atoms with Crippen LogP contribution in [0.1, 0.15) is 28.5 Å². The lowest BCUT2D eigenvalue weighted by Crippen LogP contribution is -2.18. The monoisotopic (exact) mass is 457 g/mol. The molecule has 3 aromatic heterocycles. The van der Waals surface area contributed by atoms with E-state index in [0.717, 1.165) is 12.1 Å². The summed E-state index contributed by atoms with van der Waals surface area (Å²) in [6.45, 7) is 2.86. The molecule has 3 heterocycles. The molecule has 0 aliphatic rings. The number of benzene rings is 1. The van der Waals surface area contributed by atoms with E-state index in [1.807, 2.05) is 0 Å². The van der Waals surface area contributed by atoms with Crippen molar-refractivity contribution in [2.75, 3.05) is 10.6 Å². The van der Waals surface area contributed by atoms with E-state index in [2.05, 4.69) is 20.7 Å². The number of hydrogen-bond acceptors (Lipinski definition) is 5. The Morgan fingerprint density at radius 2 is 1.88 bits per heavy atom. The van der Waals surface area contributed by atoms with Crippen molar-refractivity contribution >= 4 is 34.2 Å². The highest BCUT2D eigenvalue weighted by molar-refractivity contribution is 6.13. The van der Waals surface area contributed by atoms with Crippen molar-refractivity contribution in [3.63, 3.8) is 0 Å². The van der Waals surface area contributed by atoms with Gasteiger partial charge in [-0.2, -0.15) is 18.3 Å². The maximum Gasteiger partial charge on any atom is 0.418 e. The lowest BCUT2D eigenvalue weighted by Gasteiger charge is -2.16. The van der Waals surface area contributed by atoms with Gasteiger partial charge in [-0.25, -0.2) is 4.98 Å². The van der Waals surface area contributed by atoms with Crippen LogP contribution in [0, 0.1) is 6.92 Å². The summed E-state index contributed by atoms with van der Waals surface area (Å²) in [5.41, 5.74) is -0.290. The highest BCUT2D eigenvalue weighted by Crippen LogP contribution is 2.37. The topological polar surface area (TPSA) is 102 Å². The quantitative estimate of drug-likeness (QED) is 0.460. The molecule has 4 rings (SSSR count). The number of furan rings is 1. The summed E-state index contributed by atoms with van der Waals surface area (Å²) < 4.78 is 47.9. The highest BCUT2D eigenvalue weighted by atomic mass is 19.4. The predicted molar refractivity (Wildman–Crippen MR) is 115 cm³/mol. The van der Waals surface area contributed by atoms with Crippen LogP contribution < -0.4 is 10.6 Å². The summed E-state index contributed by atoms with van der Waals surface area (Å²) in [6, 6.07) is 7.89. The molecule has 0 radical (unpaired) electrons. The number of nitrogens with zero attached hydrogens (tertiary/aromatic N) is 3. The van der Waals surface area contributed by atoms with Gasteiger partial charge in [-0.3, -0.25) is 14.3 Å². The van der Waals surface area contributed by atoms with Crippen molar-refractivity contribution in [2.24, 2.45) is 7.05 Å². The van der Waals surface area contributed by atoms with Crippen molar-refractivity contribution in [1.29, 1.82) is 0 Å². The molecule has 0 saturated carbocycles. The van der Waals surface area contributed by atoms with Gasteiger partial charge >= 0.3 is 6.18 Å². The van der Waals surface area contributed by atoms with E-state index in [-0.39, 0.29) is 11.3 Å². The fourth-order valence-electron chi connectivity index (χ4n) is 3.53. The smallest absolute Gasteiger partial charge is 0.418 e. The second-order valence-corrected chi connectivity index (χ2v) is 7.33. The van der Waals surface area contributed by atoms with Crippen LogP contribution in [0.4, 0.5) is 24.5 Å². The number of aromatic nitrogens is 3. The van der Waals surface area contributed by atoms with Crippen molar-refractivity contribution in [2.45, 2.75) is 20.0 Å². The lowest BCUT2D eigenvalue weighted by molar-refractivity contribution is -0.137. The van der Waals surface area contributed by atoms with E-state index < -0.39 is 29.2 Å². The van der Waals surface area contributed by atoms with E-state index in [4.69, 9.17) is 4.42 Å². The third kappa shape index (κ3) is 4.29. The molecule has 8 nitrogen and oxygen atoms in total. The molecule has 0 aliphatic carbocycles. The third-order valence-electron chi connectivity index (χ3n) is 4.88. The summed E-state index contributed by atoms with van der Waals surface area (Å²) in [5.74, 6) is -0.902. The second kappa shape index (κ2) is 8.08. The Morgan fingerprint density at radius 3 is 2.52 bits per heavy atom. The van der Waals surface area contributed by atoms with Gasteiger partial charge < -0.3 is 15.1 Å². The Balaban J connectivity index is 1.81. The number of carbonyl (C=O) groups is 2. The number of hydrogen-bond donors (Lipinski definition) is 2. The minimum Gasteiger partial charge on any atom is -0.463 e. The van der Waals surface area contributed by atoms with Gasteiger partial charge in [0, 0.05) is 19.7 Å². The Labute approximate surface area is 185 Å². The molecule has 0 atom stereocenters. The number of rotatable bonds is 4. The zero-order chi connectivity index (χ0) is 23.9. The lowest BCUT2D eigenvalue weighted by atomic mass is 10.1. The predicted octanol–water partition coefficient (Wildman–Crippen LogP) is 4.77. The number of fused-ring (bicyclic) bond motifs is 1. The van der Waals surface area contributed by atoms with Crippen LogP contribution in [0.2, 0.25) is 0 Å². The average molecular weight is 457 g/mol. The van der Waals surface area contributed by atoms with Gasteiger partial charge in [0.1, 0.15) is 5.69 Å². The Kier molecular flexibility index (Phi) is 5.40. The Bertz CT molecular complexity index is 1370. The molecule has 2 amide bonds. The molecular formula is C22H18F3N5O3. The molecule has 4 aromatic rings. The van der Waals surface area contributed by atoms with E-state index >= 15 is 0 Å². The van der Waals surface area contributed by atoms with Gasteiger partial charge in [0.05, 0.1) is 34.2 Å². The zero-order valence-electron chi connectivity index (χ0n) is 17.7. The Morgan fingerprint density at radius 1 is 1.12 bits per heavy atom. The van der Waals surface area contributed by atoms with E-state index in [9.17, 15) is 22.8 Å². The maximum atomic E-state index is 13.7. The maximum absolute atomic E-state index is 13.7. The molecule has 33 heavy (non-hydrogen) atoms. The highest BCUT2D eigenvalue weighted by Gasteiger charge is 2.35. The second-order valence-electron chi connectivity index (χ2n) is 7.33. The van der Waals surface area contributed by atoms with Crippen LogP contribution in [-0.2, 0) is 18.0 Å². The van der Waals surface area contributed by atoms with E-state index in [1.165, 1.54) is 30.0 Å². The first-order valence-corrected chi connectivity index (χ1v) is 9.73. The molecule has 1 aromatic carbocycles. The van der Waals surface area contributed by atoms with Gasteiger partial charge in [-0.15, -0.1) is 0 Å². The molecule has 0 saturated heterocycles. The molecule has 0 bridgehead atoms. The van der Waals surface area contributed by atoms with Crippen LogP contribution >= 0.6 is 0 Å². The third-order valence-corrected chi connectivity index (χ3v) is 4.88. The Hall–Kier alpha value is -4.15. The van der Waals surface area contributed by atoms with Crippen molar-refractivity contribution < 1.29 is 27.2 Å². The van der Waals surface area contributed by atoms with E-state index in [0.29, 0.717) is 28.2 Å². The number of halogens is 3. The molecule has 0 spiro atoms. The van der Waals surface area contributed by atoms with Gasteiger partial charge in [0.15, 0.2) is 11.4 Å². The van der Waals surface area contributed by atoms with Gasteiger partial charge in [-0.1, -0.05) is 0 Å². The van der Waals surface area contributed by atoms with Crippen LogP contribution in [0.25, 0.3) is 22.5 Å². The van der Waals surface area contributed by atoms with Crippen LogP contribution in [0.3, 0.4) is 0 Å². The molecule has 0 unspecified atom stereocenters. The number of carbonyl (C=O) groups excluding carboxylic acids is 2. The van der Waals surface area contributed by atoms with Crippen molar-refractivity contribution in [3.05, 3.63) is 59.5 Å². The SMILES string of the molecule is CC(=O)Nc1ccc(NC(=O)c2cc(-c3ccco3)nc3c2c(C)nn3C)c(C(F)(F)F)c1. The van der Waals surface area contributed by atoms with Crippen molar-refractivity contribution in [3.8, 4) is 11.5 Å². The summed E-state index contributed by atoms with van der Waals surface area (Å²) in [7, 11) is 1.65. The van der Waals surface area contributed by atoms with Gasteiger partial charge in [0.2, 0.25) is 5.91 Å². The van der Waals surface area contributed by atoms with Crippen LogP contribution in [0.5, 0.6) is 0 Å². The van der Waals surface area contributed by atoms with Crippen molar-refractivity contribution in [1.82, 2.24) is 14.8 Å². The van der Waals surface area contributed by atoms with Gasteiger partial charge in [-0.05, 0) is 43.3 Å². The fraction of sp³-hybridized carbons (Fsp3) is 0.182. The molecule has 11 heteroatoms. The first-order valence-electron chi connectivity index (χ1n) is 9.73. The average Bonchev–Trinajstić information content (AvgIpc) is 3.36. The molecule has 0 aliphatic heterocycles. The standard InChI is InChI=1S/C22H18F3N5O3/c1-11-19-14(10-17(18-5-4-8-33-18)27-20(19)30(3)29-11)21(32)28-16-7-6-13(26-12(2)31)9-15(16)22(23,24)25/h4-10H,1-3H3,(H,26,31)(H,28,32). The zero-order valence-corrected chi connectivity index (χ0v) is 17.7. The molecule has 0 fully saturated rings. The first-order chi connectivity index (χ1) is 15.5. The summed E-state index contributed by atoms with van der Waals surface area (Å²) in [5, 5.41) is 9.35. The number of anilines is 2. The van der Waals surface area contributed by atoms with Gasteiger partial charge in [0.25, 0.3) is 5.91 Å².